The second kappa shape index (κ2) is 8.00. The summed E-state index contributed by atoms with van der Waals surface area (Å²) in [5.41, 5.74) is 0.878. The van der Waals surface area contributed by atoms with Gasteiger partial charge in [0, 0.05) is 12.3 Å². The van der Waals surface area contributed by atoms with Gasteiger partial charge < -0.3 is 9.15 Å². The summed E-state index contributed by atoms with van der Waals surface area (Å²) < 4.78 is 11.0. The number of benzene rings is 1. The zero-order valence-electron chi connectivity index (χ0n) is 14.2. The quantitative estimate of drug-likeness (QED) is 0.666. The number of hydrogen-bond donors (Lipinski definition) is 0. The van der Waals surface area contributed by atoms with Crippen LogP contribution in [0.25, 0.3) is 0 Å². The molecule has 124 valence electrons. The summed E-state index contributed by atoms with van der Waals surface area (Å²) in [6.07, 6.45) is 4.78. The smallest absolute Gasteiger partial charge is 0.306 e. The Morgan fingerprint density at radius 3 is 2.43 bits per heavy atom. The molecule has 3 nitrogen and oxygen atoms in total. The topological polar surface area (TPSA) is 39.4 Å². The maximum Gasteiger partial charge on any atom is 0.306 e. The van der Waals surface area contributed by atoms with Gasteiger partial charge in [-0.2, -0.15) is 0 Å². The maximum absolute atomic E-state index is 12.0. The van der Waals surface area contributed by atoms with Gasteiger partial charge in [0.2, 0.25) is 0 Å². The number of rotatable bonds is 7. The monoisotopic (exact) mass is 314 g/mol. The van der Waals surface area contributed by atoms with E-state index < -0.39 is 5.60 Å². The van der Waals surface area contributed by atoms with Crippen molar-refractivity contribution in [3.05, 3.63) is 60.1 Å². The SMILES string of the molecule is CC(C)(C)OC(=O)CC[C@@H](CCc1ccccc1)c1ccco1. The molecule has 0 spiro atoms. The first-order chi connectivity index (χ1) is 10.9. The summed E-state index contributed by atoms with van der Waals surface area (Å²) >= 11 is 0. The molecule has 2 rings (SSSR count). The molecule has 0 radical (unpaired) electrons. The number of carbonyl (C=O) groups is 1. The van der Waals surface area contributed by atoms with Crippen molar-refractivity contribution < 1.29 is 13.9 Å². The third-order valence-corrected chi connectivity index (χ3v) is 3.69. The van der Waals surface area contributed by atoms with Crippen molar-refractivity contribution in [2.24, 2.45) is 0 Å². The third-order valence-electron chi connectivity index (χ3n) is 3.69. The van der Waals surface area contributed by atoms with Crippen LogP contribution in [0.3, 0.4) is 0 Å². The molecule has 0 saturated carbocycles. The molecule has 0 bridgehead atoms. The lowest BCUT2D eigenvalue weighted by atomic mass is 9.93. The van der Waals surface area contributed by atoms with E-state index in [2.05, 4.69) is 24.3 Å². The summed E-state index contributed by atoms with van der Waals surface area (Å²) in [7, 11) is 0. The van der Waals surface area contributed by atoms with Gasteiger partial charge in [-0.1, -0.05) is 30.3 Å². The maximum atomic E-state index is 12.0. The fourth-order valence-corrected chi connectivity index (χ4v) is 2.62. The molecule has 0 amide bonds. The first-order valence-electron chi connectivity index (χ1n) is 8.23. The van der Waals surface area contributed by atoms with Gasteiger partial charge in [0.25, 0.3) is 0 Å². The van der Waals surface area contributed by atoms with E-state index in [1.54, 1.807) is 6.26 Å². The van der Waals surface area contributed by atoms with Crippen LogP contribution in [-0.2, 0) is 16.0 Å². The van der Waals surface area contributed by atoms with Gasteiger partial charge in [0.05, 0.1) is 6.26 Å². The van der Waals surface area contributed by atoms with Crippen LogP contribution in [0.5, 0.6) is 0 Å². The molecule has 1 atom stereocenters. The molecule has 1 heterocycles. The van der Waals surface area contributed by atoms with E-state index in [4.69, 9.17) is 9.15 Å². The molecule has 23 heavy (non-hydrogen) atoms. The Hall–Kier alpha value is -2.03. The second-order valence-corrected chi connectivity index (χ2v) is 6.86. The minimum absolute atomic E-state index is 0.145. The van der Waals surface area contributed by atoms with Gasteiger partial charge in [-0.25, -0.2) is 0 Å². The zero-order valence-corrected chi connectivity index (χ0v) is 14.2. The van der Waals surface area contributed by atoms with Gasteiger partial charge in [-0.3, -0.25) is 4.79 Å². The predicted molar refractivity (Wildman–Crippen MR) is 91.3 cm³/mol. The molecule has 1 aromatic heterocycles. The summed E-state index contributed by atoms with van der Waals surface area (Å²) in [6, 6.07) is 14.3. The number of esters is 1. The Bertz CT molecular complexity index is 579. The van der Waals surface area contributed by atoms with E-state index in [1.165, 1.54) is 5.56 Å². The molecule has 1 aromatic carbocycles. The van der Waals surface area contributed by atoms with Crippen LogP contribution in [0, 0.1) is 0 Å². The average Bonchev–Trinajstić information content (AvgIpc) is 3.00. The Morgan fingerprint density at radius 1 is 1.09 bits per heavy atom. The lowest BCUT2D eigenvalue weighted by Gasteiger charge is -2.20. The highest BCUT2D eigenvalue weighted by Crippen LogP contribution is 2.27. The summed E-state index contributed by atoms with van der Waals surface area (Å²) in [5.74, 6) is 1.04. The van der Waals surface area contributed by atoms with Crippen molar-refractivity contribution in [2.45, 2.75) is 58.0 Å². The van der Waals surface area contributed by atoms with Gasteiger partial charge in [-0.05, 0) is 57.7 Å². The van der Waals surface area contributed by atoms with Crippen LogP contribution >= 0.6 is 0 Å². The summed E-state index contributed by atoms with van der Waals surface area (Å²) in [4.78, 5) is 12.0. The molecular weight excluding hydrogens is 288 g/mol. The second-order valence-electron chi connectivity index (χ2n) is 6.86. The number of furan rings is 1. The Balaban J connectivity index is 1.92. The molecule has 0 unspecified atom stereocenters. The molecule has 0 aliphatic carbocycles. The first-order valence-corrected chi connectivity index (χ1v) is 8.23. The Morgan fingerprint density at radius 2 is 1.83 bits per heavy atom. The lowest BCUT2D eigenvalue weighted by Crippen LogP contribution is -2.24. The normalized spacial score (nSPS) is 12.8. The van der Waals surface area contributed by atoms with Gasteiger partial charge in [0.15, 0.2) is 0 Å². The van der Waals surface area contributed by atoms with Crippen LogP contribution in [-0.4, -0.2) is 11.6 Å². The molecule has 0 saturated heterocycles. The first kappa shape index (κ1) is 17.3. The number of aryl methyl sites for hydroxylation is 1. The van der Waals surface area contributed by atoms with Crippen molar-refractivity contribution in [2.75, 3.05) is 0 Å². The van der Waals surface area contributed by atoms with Crippen LogP contribution in [0.15, 0.2) is 53.1 Å². The van der Waals surface area contributed by atoms with Crippen LogP contribution in [0.2, 0.25) is 0 Å². The number of ether oxygens (including phenoxy) is 1. The predicted octanol–water partition coefficient (Wildman–Crippen LogP) is 5.12. The van der Waals surface area contributed by atoms with Crippen LogP contribution in [0.4, 0.5) is 0 Å². The summed E-state index contributed by atoms with van der Waals surface area (Å²) in [5, 5.41) is 0. The molecule has 0 aliphatic heterocycles. The minimum Gasteiger partial charge on any atom is -0.469 e. The van der Waals surface area contributed by atoms with Crippen LogP contribution in [0.1, 0.15) is 57.3 Å². The largest absolute Gasteiger partial charge is 0.469 e. The zero-order chi connectivity index (χ0) is 16.7. The van der Waals surface area contributed by atoms with Crippen molar-refractivity contribution in [1.82, 2.24) is 0 Å². The fourth-order valence-electron chi connectivity index (χ4n) is 2.62. The van der Waals surface area contributed by atoms with E-state index in [0.29, 0.717) is 6.42 Å². The molecule has 0 N–H and O–H groups in total. The standard InChI is InChI=1S/C20H26O3/c1-20(2,3)23-19(21)14-13-17(18-10-7-15-22-18)12-11-16-8-5-4-6-9-16/h4-10,15,17H,11-14H2,1-3H3/t17-/m1/s1. The Kier molecular flexibility index (Phi) is 6.03. The molecule has 2 aromatic rings. The minimum atomic E-state index is -0.429. The average molecular weight is 314 g/mol. The van der Waals surface area contributed by atoms with E-state index >= 15 is 0 Å². The lowest BCUT2D eigenvalue weighted by molar-refractivity contribution is -0.155. The van der Waals surface area contributed by atoms with Gasteiger partial charge in [0.1, 0.15) is 11.4 Å². The fraction of sp³-hybridized carbons (Fsp3) is 0.450. The molecular formula is C20H26O3. The third kappa shape index (κ3) is 6.31. The van der Waals surface area contributed by atoms with E-state index in [1.807, 2.05) is 39.0 Å². The van der Waals surface area contributed by atoms with E-state index in [-0.39, 0.29) is 11.9 Å². The van der Waals surface area contributed by atoms with Crippen molar-refractivity contribution >= 4 is 5.97 Å². The number of hydrogen-bond acceptors (Lipinski definition) is 3. The molecule has 3 heteroatoms. The van der Waals surface area contributed by atoms with Crippen LogP contribution < -0.4 is 0 Å². The molecule has 0 aliphatic rings. The van der Waals surface area contributed by atoms with Gasteiger partial charge >= 0.3 is 5.97 Å². The molecule has 0 fully saturated rings. The highest BCUT2D eigenvalue weighted by molar-refractivity contribution is 5.69. The Labute approximate surface area is 138 Å². The summed E-state index contributed by atoms with van der Waals surface area (Å²) in [6.45, 7) is 5.68. The number of carbonyl (C=O) groups excluding carboxylic acids is 1. The van der Waals surface area contributed by atoms with E-state index in [9.17, 15) is 4.79 Å². The highest BCUT2D eigenvalue weighted by Gasteiger charge is 2.20. The van der Waals surface area contributed by atoms with Crippen molar-refractivity contribution in [3.63, 3.8) is 0 Å². The van der Waals surface area contributed by atoms with Crippen molar-refractivity contribution in [1.29, 1.82) is 0 Å². The highest BCUT2D eigenvalue weighted by atomic mass is 16.6. The van der Waals surface area contributed by atoms with Crippen molar-refractivity contribution in [3.8, 4) is 0 Å². The van der Waals surface area contributed by atoms with E-state index in [0.717, 1.165) is 25.0 Å². The van der Waals surface area contributed by atoms with Gasteiger partial charge in [-0.15, -0.1) is 0 Å².